The molecule has 3 atom stereocenters. The smallest absolute Gasteiger partial charge is 0.0235 e. The number of rotatable bonds is 7. The van der Waals surface area contributed by atoms with Crippen molar-refractivity contribution in [2.24, 2.45) is 17.4 Å². The van der Waals surface area contributed by atoms with Crippen molar-refractivity contribution >= 4 is 0 Å². The van der Waals surface area contributed by atoms with Crippen LogP contribution in [-0.2, 0) is 0 Å². The average molecular weight is 316 g/mol. The van der Waals surface area contributed by atoms with Crippen molar-refractivity contribution in [1.82, 2.24) is 10.6 Å². The van der Waals surface area contributed by atoms with E-state index < -0.39 is 0 Å². The molecule has 1 saturated carbocycles. The van der Waals surface area contributed by atoms with Crippen molar-refractivity contribution in [3.63, 3.8) is 0 Å². The molecule has 128 valence electrons. The Kier molecular flexibility index (Phi) is 7.59. The van der Waals surface area contributed by atoms with E-state index >= 15 is 0 Å². The number of hydrogen-bond acceptors (Lipinski definition) is 4. The fourth-order valence-electron chi connectivity index (χ4n) is 3.52. The minimum Gasteiger partial charge on any atom is -0.404 e. The maximum atomic E-state index is 6.22. The van der Waals surface area contributed by atoms with Gasteiger partial charge in [0.1, 0.15) is 0 Å². The highest BCUT2D eigenvalue weighted by molar-refractivity contribution is 5.41. The molecule has 0 bridgehead atoms. The van der Waals surface area contributed by atoms with Gasteiger partial charge in [-0.15, -0.1) is 0 Å². The van der Waals surface area contributed by atoms with Crippen LogP contribution in [0.15, 0.2) is 48.2 Å². The van der Waals surface area contributed by atoms with E-state index in [1.54, 1.807) is 12.3 Å². The lowest BCUT2D eigenvalue weighted by Gasteiger charge is -2.30. The topological polar surface area (TPSA) is 76.1 Å². The number of nitrogens with one attached hydrogen (secondary N) is 2. The van der Waals surface area contributed by atoms with Gasteiger partial charge in [0.15, 0.2) is 0 Å². The number of nitrogens with two attached hydrogens (primary N) is 2. The molecule has 23 heavy (non-hydrogen) atoms. The SMILES string of the molecule is C=C/C=C\C(=C\N)C1=CCNC(CNCC2CCCCC2N)C1. The molecule has 0 aromatic heterocycles. The molecule has 1 aliphatic carbocycles. The minimum absolute atomic E-state index is 0.377. The van der Waals surface area contributed by atoms with Gasteiger partial charge in [-0.25, -0.2) is 0 Å². The van der Waals surface area contributed by atoms with Crippen LogP contribution in [0.4, 0.5) is 0 Å². The van der Waals surface area contributed by atoms with E-state index in [4.69, 9.17) is 11.5 Å². The molecule has 0 aromatic rings. The molecule has 6 N–H and O–H groups in total. The first-order valence-corrected chi connectivity index (χ1v) is 8.84. The predicted molar refractivity (Wildman–Crippen MR) is 98.9 cm³/mol. The molecule has 2 aliphatic rings. The molecule has 0 spiro atoms. The van der Waals surface area contributed by atoms with Gasteiger partial charge < -0.3 is 22.1 Å². The van der Waals surface area contributed by atoms with E-state index in [-0.39, 0.29) is 0 Å². The summed E-state index contributed by atoms with van der Waals surface area (Å²) in [6.45, 7) is 6.62. The molecular formula is C19H32N4. The van der Waals surface area contributed by atoms with Crippen LogP contribution in [0.25, 0.3) is 0 Å². The second-order valence-electron chi connectivity index (χ2n) is 6.62. The van der Waals surface area contributed by atoms with Gasteiger partial charge >= 0.3 is 0 Å². The van der Waals surface area contributed by atoms with Gasteiger partial charge in [0, 0.05) is 31.4 Å². The Morgan fingerprint density at radius 3 is 2.91 bits per heavy atom. The van der Waals surface area contributed by atoms with Crippen LogP contribution in [0.2, 0.25) is 0 Å². The van der Waals surface area contributed by atoms with Crippen LogP contribution in [-0.4, -0.2) is 31.7 Å². The third kappa shape index (κ3) is 5.65. The van der Waals surface area contributed by atoms with Crippen LogP contribution < -0.4 is 22.1 Å². The predicted octanol–water partition coefficient (Wildman–Crippen LogP) is 1.97. The highest BCUT2D eigenvalue weighted by Crippen LogP contribution is 2.23. The molecule has 1 aliphatic heterocycles. The molecule has 1 fully saturated rings. The second kappa shape index (κ2) is 9.71. The van der Waals surface area contributed by atoms with Crippen molar-refractivity contribution in [3.05, 3.63) is 48.2 Å². The molecule has 0 amide bonds. The van der Waals surface area contributed by atoms with Gasteiger partial charge in [-0.05, 0) is 42.9 Å². The lowest BCUT2D eigenvalue weighted by molar-refractivity contribution is 0.292. The molecule has 4 nitrogen and oxygen atoms in total. The zero-order chi connectivity index (χ0) is 16.5. The van der Waals surface area contributed by atoms with Crippen LogP contribution in [0.5, 0.6) is 0 Å². The van der Waals surface area contributed by atoms with E-state index in [0.29, 0.717) is 18.0 Å². The normalized spacial score (nSPS) is 29.5. The maximum Gasteiger partial charge on any atom is 0.0235 e. The Labute approximate surface area is 140 Å². The van der Waals surface area contributed by atoms with Crippen LogP contribution in [0, 0.1) is 5.92 Å². The van der Waals surface area contributed by atoms with Crippen molar-refractivity contribution in [3.8, 4) is 0 Å². The molecule has 0 saturated heterocycles. The van der Waals surface area contributed by atoms with Crippen LogP contribution in [0.3, 0.4) is 0 Å². The van der Waals surface area contributed by atoms with Crippen LogP contribution in [0.1, 0.15) is 32.1 Å². The fraction of sp³-hybridized carbons (Fsp3) is 0.579. The third-order valence-corrected chi connectivity index (χ3v) is 4.95. The Balaban J connectivity index is 1.78. The van der Waals surface area contributed by atoms with E-state index in [1.165, 1.54) is 31.3 Å². The summed E-state index contributed by atoms with van der Waals surface area (Å²) in [5.74, 6) is 0.636. The first-order chi connectivity index (χ1) is 11.2. The van der Waals surface area contributed by atoms with Crippen molar-refractivity contribution < 1.29 is 0 Å². The monoisotopic (exact) mass is 316 g/mol. The van der Waals surface area contributed by atoms with E-state index in [9.17, 15) is 0 Å². The van der Waals surface area contributed by atoms with E-state index in [2.05, 4.69) is 23.3 Å². The summed E-state index contributed by atoms with van der Waals surface area (Å²) < 4.78 is 0. The maximum absolute atomic E-state index is 6.22. The molecule has 2 rings (SSSR count). The van der Waals surface area contributed by atoms with Crippen molar-refractivity contribution in [2.75, 3.05) is 19.6 Å². The molecule has 0 radical (unpaired) electrons. The number of hydrogen-bond donors (Lipinski definition) is 4. The molecule has 1 heterocycles. The lowest BCUT2D eigenvalue weighted by atomic mass is 9.85. The Morgan fingerprint density at radius 1 is 1.35 bits per heavy atom. The van der Waals surface area contributed by atoms with E-state index in [1.807, 2.05) is 12.2 Å². The zero-order valence-electron chi connectivity index (χ0n) is 14.1. The zero-order valence-corrected chi connectivity index (χ0v) is 14.1. The summed E-state index contributed by atoms with van der Waals surface area (Å²) in [4.78, 5) is 0. The molecular weight excluding hydrogens is 284 g/mol. The summed E-state index contributed by atoms with van der Waals surface area (Å²) in [6.07, 6.45) is 15.7. The number of allylic oxidation sites excluding steroid dienone is 4. The van der Waals surface area contributed by atoms with Crippen molar-refractivity contribution in [1.29, 1.82) is 0 Å². The Morgan fingerprint density at radius 2 is 2.17 bits per heavy atom. The minimum atomic E-state index is 0.377. The molecule has 0 aromatic carbocycles. The Hall–Kier alpha value is -1.36. The van der Waals surface area contributed by atoms with Gasteiger partial charge in [-0.1, -0.05) is 43.7 Å². The van der Waals surface area contributed by atoms with Gasteiger partial charge in [0.05, 0.1) is 0 Å². The Bertz CT molecular complexity index is 464. The molecule has 4 heteroatoms. The van der Waals surface area contributed by atoms with E-state index in [0.717, 1.165) is 31.6 Å². The summed E-state index contributed by atoms with van der Waals surface area (Å²) in [5, 5.41) is 7.17. The third-order valence-electron chi connectivity index (χ3n) is 4.95. The summed E-state index contributed by atoms with van der Waals surface area (Å²) >= 11 is 0. The summed E-state index contributed by atoms with van der Waals surface area (Å²) in [5.41, 5.74) is 14.4. The second-order valence-corrected chi connectivity index (χ2v) is 6.62. The largest absolute Gasteiger partial charge is 0.404 e. The van der Waals surface area contributed by atoms with Crippen LogP contribution >= 0.6 is 0 Å². The summed E-state index contributed by atoms with van der Waals surface area (Å²) in [6, 6.07) is 0.823. The van der Waals surface area contributed by atoms with Gasteiger partial charge in [0.25, 0.3) is 0 Å². The first kappa shape index (κ1) is 18.0. The summed E-state index contributed by atoms with van der Waals surface area (Å²) in [7, 11) is 0. The van der Waals surface area contributed by atoms with Crippen molar-refractivity contribution in [2.45, 2.75) is 44.2 Å². The molecule has 3 unspecified atom stereocenters. The average Bonchev–Trinajstić information content (AvgIpc) is 2.58. The standard InChI is InChI=1S/C19H32N4/c1-2-3-6-16(12-20)15-9-10-23-18(11-15)14-22-13-17-7-4-5-8-19(17)21/h2-3,6,9,12,17-19,22-23H,1,4-5,7-8,10-11,13-14,20-21H2/b6-3-,16-12-. The van der Waals surface area contributed by atoms with Gasteiger partial charge in [-0.2, -0.15) is 0 Å². The lowest BCUT2D eigenvalue weighted by Crippen LogP contribution is -2.45. The highest BCUT2D eigenvalue weighted by atomic mass is 15.0. The van der Waals surface area contributed by atoms with Gasteiger partial charge in [-0.3, -0.25) is 0 Å². The highest BCUT2D eigenvalue weighted by Gasteiger charge is 2.22. The first-order valence-electron chi connectivity index (χ1n) is 8.84. The van der Waals surface area contributed by atoms with Gasteiger partial charge in [0.2, 0.25) is 0 Å². The quantitative estimate of drug-likeness (QED) is 0.542. The fourth-order valence-corrected chi connectivity index (χ4v) is 3.52.